The summed E-state index contributed by atoms with van der Waals surface area (Å²) in [5.74, 6) is 1.42. The van der Waals surface area contributed by atoms with Crippen LogP contribution in [0.1, 0.15) is 40.3 Å². The number of benzene rings is 1. The number of piperidine rings is 1. The highest BCUT2D eigenvalue weighted by molar-refractivity contribution is 5.94. The summed E-state index contributed by atoms with van der Waals surface area (Å²) in [7, 11) is 0. The van der Waals surface area contributed by atoms with E-state index in [1.807, 2.05) is 24.8 Å². The van der Waals surface area contributed by atoms with Gasteiger partial charge in [-0.15, -0.1) is 0 Å². The van der Waals surface area contributed by atoms with E-state index in [0.29, 0.717) is 11.5 Å². The smallest absolute Gasteiger partial charge is 0.253 e. The average molecular weight is 392 g/mol. The van der Waals surface area contributed by atoms with Crippen molar-refractivity contribution in [1.82, 2.24) is 20.0 Å². The Hall–Kier alpha value is -3.22. The van der Waals surface area contributed by atoms with E-state index in [4.69, 9.17) is 4.52 Å². The SMILES string of the molecule is Cc1noc(C)c1-c1cc(CC2CCN(C(=O)c3ccc(O)cc3)CC2)ncn1. The van der Waals surface area contributed by atoms with Gasteiger partial charge < -0.3 is 14.5 Å². The summed E-state index contributed by atoms with van der Waals surface area (Å²) in [6.45, 7) is 5.25. The minimum atomic E-state index is 0.0196. The molecule has 1 amide bonds. The summed E-state index contributed by atoms with van der Waals surface area (Å²) in [5, 5.41) is 13.4. The van der Waals surface area contributed by atoms with Crippen molar-refractivity contribution >= 4 is 5.91 Å². The maximum absolute atomic E-state index is 12.6. The van der Waals surface area contributed by atoms with Crippen LogP contribution < -0.4 is 0 Å². The molecule has 1 aliphatic rings. The van der Waals surface area contributed by atoms with Crippen LogP contribution in [0.2, 0.25) is 0 Å². The Morgan fingerprint density at radius 3 is 2.55 bits per heavy atom. The zero-order valence-electron chi connectivity index (χ0n) is 16.6. The number of phenolic OH excluding ortho intramolecular Hbond substituents is 1. The van der Waals surface area contributed by atoms with E-state index in [1.165, 1.54) is 0 Å². The van der Waals surface area contributed by atoms with Gasteiger partial charge in [0.1, 0.15) is 17.8 Å². The molecule has 0 saturated carbocycles. The molecule has 7 nitrogen and oxygen atoms in total. The molecule has 0 aliphatic carbocycles. The van der Waals surface area contributed by atoms with Crippen LogP contribution in [-0.2, 0) is 6.42 Å². The van der Waals surface area contributed by atoms with Crippen molar-refractivity contribution in [1.29, 1.82) is 0 Å². The van der Waals surface area contributed by atoms with Crippen molar-refractivity contribution in [2.75, 3.05) is 13.1 Å². The highest BCUT2D eigenvalue weighted by atomic mass is 16.5. The molecule has 3 heterocycles. The Balaban J connectivity index is 1.38. The topological polar surface area (TPSA) is 92.4 Å². The van der Waals surface area contributed by atoms with Crippen LogP contribution in [-0.4, -0.2) is 44.1 Å². The maximum atomic E-state index is 12.6. The number of rotatable bonds is 4. The van der Waals surface area contributed by atoms with Crippen LogP contribution in [0.4, 0.5) is 0 Å². The standard InChI is InChI=1S/C22H24N4O3/c1-14-21(15(2)29-25-14)20-12-18(23-13-24-20)11-16-7-9-26(10-8-16)22(28)17-3-5-19(27)6-4-17/h3-6,12-13,16,27H,7-11H2,1-2H3. The molecule has 1 aromatic carbocycles. The summed E-state index contributed by atoms with van der Waals surface area (Å²) >= 11 is 0. The van der Waals surface area contributed by atoms with E-state index in [9.17, 15) is 9.90 Å². The van der Waals surface area contributed by atoms with Gasteiger partial charge in [0.05, 0.1) is 17.0 Å². The van der Waals surface area contributed by atoms with E-state index >= 15 is 0 Å². The highest BCUT2D eigenvalue weighted by Crippen LogP contribution is 2.27. The number of aromatic hydroxyl groups is 1. The second-order valence-electron chi connectivity index (χ2n) is 7.58. The molecule has 1 N–H and O–H groups in total. The van der Waals surface area contributed by atoms with Crippen LogP contribution in [0.3, 0.4) is 0 Å². The summed E-state index contributed by atoms with van der Waals surface area (Å²) in [5.41, 5.74) is 4.21. The number of hydrogen-bond acceptors (Lipinski definition) is 6. The van der Waals surface area contributed by atoms with Crippen molar-refractivity contribution in [2.45, 2.75) is 33.1 Å². The molecule has 0 unspecified atom stereocenters. The van der Waals surface area contributed by atoms with Gasteiger partial charge in [-0.2, -0.15) is 0 Å². The van der Waals surface area contributed by atoms with Crippen molar-refractivity contribution in [3.05, 3.63) is 59.4 Å². The lowest BCUT2D eigenvalue weighted by atomic mass is 9.91. The average Bonchev–Trinajstić information content (AvgIpc) is 3.07. The molecular formula is C22H24N4O3. The Labute approximate surface area is 169 Å². The number of aryl methyl sites for hydroxylation is 2. The van der Waals surface area contributed by atoms with E-state index in [0.717, 1.165) is 60.8 Å². The largest absolute Gasteiger partial charge is 0.508 e. The van der Waals surface area contributed by atoms with Crippen molar-refractivity contribution in [3.63, 3.8) is 0 Å². The lowest BCUT2D eigenvalue weighted by molar-refractivity contribution is 0.0690. The van der Waals surface area contributed by atoms with Gasteiger partial charge in [-0.05, 0) is 69.4 Å². The Bertz CT molecular complexity index is 986. The van der Waals surface area contributed by atoms with Gasteiger partial charge in [-0.3, -0.25) is 4.79 Å². The molecule has 0 radical (unpaired) electrons. The minimum Gasteiger partial charge on any atom is -0.508 e. The summed E-state index contributed by atoms with van der Waals surface area (Å²) < 4.78 is 5.26. The minimum absolute atomic E-state index is 0.0196. The number of amides is 1. The molecule has 150 valence electrons. The Morgan fingerprint density at radius 1 is 1.17 bits per heavy atom. The van der Waals surface area contributed by atoms with Gasteiger partial charge in [0, 0.05) is 24.3 Å². The van der Waals surface area contributed by atoms with E-state index in [-0.39, 0.29) is 11.7 Å². The molecule has 1 saturated heterocycles. The van der Waals surface area contributed by atoms with Gasteiger partial charge in [-0.25, -0.2) is 9.97 Å². The van der Waals surface area contributed by atoms with Crippen LogP contribution >= 0.6 is 0 Å². The Kier molecular flexibility index (Phi) is 5.29. The number of carbonyl (C=O) groups is 1. The predicted molar refractivity (Wildman–Crippen MR) is 107 cm³/mol. The number of phenols is 1. The zero-order valence-corrected chi connectivity index (χ0v) is 16.6. The van der Waals surface area contributed by atoms with Crippen LogP contribution in [0.25, 0.3) is 11.3 Å². The lowest BCUT2D eigenvalue weighted by Crippen LogP contribution is -2.38. The van der Waals surface area contributed by atoms with E-state index in [1.54, 1.807) is 30.6 Å². The van der Waals surface area contributed by atoms with Crippen LogP contribution in [0.15, 0.2) is 41.2 Å². The fraction of sp³-hybridized carbons (Fsp3) is 0.364. The first-order valence-electron chi connectivity index (χ1n) is 9.83. The molecule has 7 heteroatoms. The number of nitrogens with zero attached hydrogens (tertiary/aromatic N) is 4. The summed E-state index contributed by atoms with van der Waals surface area (Å²) in [4.78, 5) is 23.3. The second-order valence-corrected chi connectivity index (χ2v) is 7.58. The normalized spacial score (nSPS) is 14.9. The quantitative estimate of drug-likeness (QED) is 0.730. The number of aromatic nitrogens is 3. The first kappa shape index (κ1) is 19.1. The number of hydrogen-bond donors (Lipinski definition) is 1. The van der Waals surface area contributed by atoms with Crippen molar-refractivity contribution < 1.29 is 14.4 Å². The fourth-order valence-corrected chi connectivity index (χ4v) is 3.92. The maximum Gasteiger partial charge on any atom is 0.253 e. The second kappa shape index (κ2) is 8.03. The number of carbonyl (C=O) groups excluding carboxylic acids is 1. The molecular weight excluding hydrogens is 368 g/mol. The lowest BCUT2D eigenvalue weighted by Gasteiger charge is -2.32. The molecule has 1 fully saturated rings. The fourth-order valence-electron chi connectivity index (χ4n) is 3.92. The monoisotopic (exact) mass is 392 g/mol. The third kappa shape index (κ3) is 4.13. The van der Waals surface area contributed by atoms with Gasteiger partial charge in [-0.1, -0.05) is 5.16 Å². The van der Waals surface area contributed by atoms with Gasteiger partial charge in [0.15, 0.2) is 0 Å². The summed E-state index contributed by atoms with van der Waals surface area (Å²) in [6.07, 6.45) is 4.34. The van der Waals surface area contributed by atoms with Crippen LogP contribution in [0, 0.1) is 19.8 Å². The zero-order chi connectivity index (χ0) is 20.4. The predicted octanol–water partition coefficient (Wildman–Crippen LogP) is 3.55. The Morgan fingerprint density at radius 2 is 1.90 bits per heavy atom. The molecule has 2 aromatic heterocycles. The molecule has 4 rings (SSSR count). The van der Waals surface area contributed by atoms with E-state index < -0.39 is 0 Å². The summed E-state index contributed by atoms with van der Waals surface area (Å²) in [6, 6.07) is 8.44. The van der Waals surface area contributed by atoms with Gasteiger partial charge >= 0.3 is 0 Å². The van der Waals surface area contributed by atoms with Gasteiger partial charge in [0.2, 0.25) is 0 Å². The molecule has 29 heavy (non-hydrogen) atoms. The third-order valence-corrected chi connectivity index (χ3v) is 5.53. The number of likely N-dealkylation sites (tertiary alicyclic amines) is 1. The highest BCUT2D eigenvalue weighted by Gasteiger charge is 2.24. The molecule has 0 spiro atoms. The van der Waals surface area contributed by atoms with Gasteiger partial charge in [0.25, 0.3) is 5.91 Å². The third-order valence-electron chi connectivity index (χ3n) is 5.53. The van der Waals surface area contributed by atoms with Crippen molar-refractivity contribution in [2.24, 2.45) is 5.92 Å². The first-order valence-corrected chi connectivity index (χ1v) is 9.83. The molecule has 1 aliphatic heterocycles. The van der Waals surface area contributed by atoms with Crippen LogP contribution in [0.5, 0.6) is 5.75 Å². The van der Waals surface area contributed by atoms with Crippen molar-refractivity contribution in [3.8, 4) is 17.0 Å². The molecule has 0 bridgehead atoms. The van der Waals surface area contributed by atoms with E-state index in [2.05, 4.69) is 15.1 Å². The first-order chi connectivity index (χ1) is 14.0. The molecule has 0 atom stereocenters. The molecule has 3 aromatic rings.